The van der Waals surface area contributed by atoms with Crippen LogP contribution < -0.4 is 5.73 Å². The maximum Gasteiger partial charge on any atom is 0.0175 e. The highest BCUT2D eigenvalue weighted by atomic mass is 79.9. The predicted octanol–water partition coefficient (Wildman–Crippen LogP) is 3.07. The molecular weight excluding hydrogens is 226 g/mol. The van der Waals surface area contributed by atoms with Crippen LogP contribution in [0, 0.1) is 0 Å². The molecule has 70 valence electrons. The van der Waals surface area contributed by atoms with Gasteiger partial charge in [-0.1, -0.05) is 34.1 Å². The van der Waals surface area contributed by atoms with E-state index in [-0.39, 0.29) is 0 Å². The van der Waals surface area contributed by atoms with Crippen LogP contribution in [0.25, 0.3) is 0 Å². The molecule has 1 aromatic carbocycles. The molecule has 1 aromatic rings. The molecule has 2 heteroatoms. The van der Waals surface area contributed by atoms with Crippen molar-refractivity contribution in [3.05, 3.63) is 47.0 Å². The quantitative estimate of drug-likeness (QED) is 0.804. The minimum Gasteiger partial charge on any atom is -0.330 e. The Balaban J connectivity index is 2.78. The van der Waals surface area contributed by atoms with Crippen LogP contribution in [0.3, 0.4) is 0 Å². The maximum atomic E-state index is 5.67. The highest BCUT2D eigenvalue weighted by Crippen LogP contribution is 2.20. The molecule has 0 unspecified atom stereocenters. The van der Waals surface area contributed by atoms with Crippen molar-refractivity contribution < 1.29 is 0 Å². The molecule has 0 amide bonds. The van der Waals surface area contributed by atoms with Crippen LogP contribution in [0.1, 0.15) is 17.9 Å². The topological polar surface area (TPSA) is 26.0 Å². The second-order valence-corrected chi connectivity index (χ2v) is 3.92. The summed E-state index contributed by atoms with van der Waals surface area (Å²) in [5.74, 6) is 0.408. The van der Waals surface area contributed by atoms with E-state index in [2.05, 4.69) is 34.6 Å². The zero-order chi connectivity index (χ0) is 9.68. The zero-order valence-corrected chi connectivity index (χ0v) is 9.13. The molecule has 0 aliphatic rings. The number of halogens is 1. The molecule has 0 saturated carbocycles. The Kier molecular flexibility index (Phi) is 4.19. The van der Waals surface area contributed by atoms with Gasteiger partial charge in [-0.3, -0.25) is 0 Å². The summed E-state index contributed by atoms with van der Waals surface area (Å²) in [4.78, 5) is 0. The standard InChI is InChI=1S/C11H14BrN/c1-2-3-10(8-13)9-4-6-11(12)7-5-9/h2,4-7,10H,1,3,8,13H2/t10-/m0/s1. The van der Waals surface area contributed by atoms with E-state index in [1.807, 2.05) is 18.2 Å². The molecule has 0 aliphatic heterocycles. The van der Waals surface area contributed by atoms with Gasteiger partial charge in [0.25, 0.3) is 0 Å². The van der Waals surface area contributed by atoms with Gasteiger partial charge < -0.3 is 5.73 Å². The molecule has 0 aliphatic carbocycles. The lowest BCUT2D eigenvalue weighted by atomic mass is 9.96. The Morgan fingerprint density at radius 3 is 2.46 bits per heavy atom. The Bertz CT molecular complexity index is 266. The lowest BCUT2D eigenvalue weighted by molar-refractivity contribution is 0.711. The van der Waals surface area contributed by atoms with Gasteiger partial charge in [-0.05, 0) is 36.6 Å². The van der Waals surface area contributed by atoms with Gasteiger partial charge in [0.1, 0.15) is 0 Å². The summed E-state index contributed by atoms with van der Waals surface area (Å²) < 4.78 is 1.10. The lowest BCUT2D eigenvalue weighted by Crippen LogP contribution is -2.11. The van der Waals surface area contributed by atoms with E-state index in [4.69, 9.17) is 5.73 Å². The highest BCUT2D eigenvalue weighted by molar-refractivity contribution is 9.10. The number of hydrogen-bond donors (Lipinski definition) is 1. The van der Waals surface area contributed by atoms with Crippen molar-refractivity contribution in [3.63, 3.8) is 0 Å². The molecule has 0 aromatic heterocycles. The molecule has 0 heterocycles. The summed E-state index contributed by atoms with van der Waals surface area (Å²) >= 11 is 3.40. The Labute approximate surface area is 87.8 Å². The van der Waals surface area contributed by atoms with Gasteiger partial charge in [-0.15, -0.1) is 6.58 Å². The number of nitrogens with two attached hydrogens (primary N) is 1. The summed E-state index contributed by atoms with van der Waals surface area (Å²) in [6.07, 6.45) is 2.86. The molecule has 0 radical (unpaired) electrons. The van der Waals surface area contributed by atoms with Crippen LogP contribution in [-0.4, -0.2) is 6.54 Å². The first-order valence-electron chi connectivity index (χ1n) is 4.34. The van der Waals surface area contributed by atoms with Crippen molar-refractivity contribution in [1.82, 2.24) is 0 Å². The van der Waals surface area contributed by atoms with Gasteiger partial charge in [0.2, 0.25) is 0 Å². The number of rotatable bonds is 4. The van der Waals surface area contributed by atoms with E-state index in [1.165, 1.54) is 5.56 Å². The summed E-state index contributed by atoms with van der Waals surface area (Å²) in [7, 11) is 0. The van der Waals surface area contributed by atoms with Crippen molar-refractivity contribution in [2.45, 2.75) is 12.3 Å². The monoisotopic (exact) mass is 239 g/mol. The number of benzene rings is 1. The van der Waals surface area contributed by atoms with Crippen LogP contribution in [0.5, 0.6) is 0 Å². The molecular formula is C11H14BrN. The average Bonchev–Trinajstić information content (AvgIpc) is 2.16. The third kappa shape index (κ3) is 2.98. The molecule has 0 fully saturated rings. The third-order valence-corrected chi connectivity index (χ3v) is 2.61. The normalized spacial score (nSPS) is 12.5. The first-order chi connectivity index (χ1) is 6.27. The summed E-state index contributed by atoms with van der Waals surface area (Å²) in [6.45, 7) is 4.40. The van der Waals surface area contributed by atoms with Gasteiger partial charge in [0.05, 0.1) is 0 Å². The van der Waals surface area contributed by atoms with E-state index < -0.39 is 0 Å². The van der Waals surface area contributed by atoms with Crippen LogP contribution >= 0.6 is 15.9 Å². The molecule has 0 saturated heterocycles. The fourth-order valence-electron chi connectivity index (χ4n) is 1.30. The van der Waals surface area contributed by atoms with Gasteiger partial charge in [0.15, 0.2) is 0 Å². The van der Waals surface area contributed by atoms with Crippen LogP contribution in [0.2, 0.25) is 0 Å². The molecule has 2 N–H and O–H groups in total. The summed E-state index contributed by atoms with van der Waals surface area (Å²) in [5.41, 5.74) is 6.95. The summed E-state index contributed by atoms with van der Waals surface area (Å²) in [5, 5.41) is 0. The van der Waals surface area contributed by atoms with Gasteiger partial charge in [-0.25, -0.2) is 0 Å². The Morgan fingerprint density at radius 2 is 2.00 bits per heavy atom. The van der Waals surface area contributed by atoms with E-state index in [1.54, 1.807) is 0 Å². The van der Waals surface area contributed by atoms with Crippen molar-refractivity contribution >= 4 is 15.9 Å². The molecule has 13 heavy (non-hydrogen) atoms. The van der Waals surface area contributed by atoms with E-state index in [9.17, 15) is 0 Å². The maximum absolute atomic E-state index is 5.67. The number of allylic oxidation sites excluding steroid dienone is 1. The first-order valence-corrected chi connectivity index (χ1v) is 5.13. The lowest BCUT2D eigenvalue weighted by Gasteiger charge is -2.12. The number of hydrogen-bond acceptors (Lipinski definition) is 1. The molecule has 1 atom stereocenters. The largest absolute Gasteiger partial charge is 0.330 e. The van der Waals surface area contributed by atoms with E-state index in [0.717, 1.165) is 10.9 Å². The minimum absolute atomic E-state index is 0.408. The van der Waals surface area contributed by atoms with Crippen molar-refractivity contribution in [1.29, 1.82) is 0 Å². The zero-order valence-electron chi connectivity index (χ0n) is 7.54. The second-order valence-electron chi connectivity index (χ2n) is 3.01. The van der Waals surface area contributed by atoms with Crippen molar-refractivity contribution in [2.24, 2.45) is 5.73 Å². The highest BCUT2D eigenvalue weighted by Gasteiger charge is 2.06. The Hall–Kier alpha value is -0.600. The molecule has 1 rings (SSSR count). The van der Waals surface area contributed by atoms with Crippen molar-refractivity contribution in [3.8, 4) is 0 Å². The Morgan fingerprint density at radius 1 is 1.38 bits per heavy atom. The van der Waals surface area contributed by atoms with Gasteiger partial charge in [-0.2, -0.15) is 0 Å². The minimum atomic E-state index is 0.408. The van der Waals surface area contributed by atoms with Gasteiger partial charge >= 0.3 is 0 Å². The smallest absolute Gasteiger partial charge is 0.0175 e. The van der Waals surface area contributed by atoms with E-state index >= 15 is 0 Å². The second kappa shape index (κ2) is 5.20. The molecule has 0 spiro atoms. The fraction of sp³-hybridized carbons (Fsp3) is 0.273. The van der Waals surface area contributed by atoms with Crippen molar-refractivity contribution in [2.75, 3.05) is 6.54 Å². The average molecular weight is 240 g/mol. The SMILES string of the molecule is C=CC[C@@H](CN)c1ccc(Br)cc1. The predicted molar refractivity (Wildman–Crippen MR) is 60.8 cm³/mol. The van der Waals surface area contributed by atoms with Crippen LogP contribution in [-0.2, 0) is 0 Å². The first kappa shape index (κ1) is 10.5. The van der Waals surface area contributed by atoms with Crippen LogP contribution in [0.4, 0.5) is 0 Å². The van der Waals surface area contributed by atoms with Crippen LogP contribution in [0.15, 0.2) is 41.4 Å². The molecule has 1 nitrogen and oxygen atoms in total. The van der Waals surface area contributed by atoms with E-state index in [0.29, 0.717) is 12.5 Å². The fourth-order valence-corrected chi connectivity index (χ4v) is 1.57. The third-order valence-electron chi connectivity index (χ3n) is 2.08. The van der Waals surface area contributed by atoms with Gasteiger partial charge in [0, 0.05) is 4.47 Å². The molecule has 0 bridgehead atoms. The summed E-state index contributed by atoms with van der Waals surface area (Å²) in [6, 6.07) is 8.29.